The highest BCUT2D eigenvalue weighted by atomic mass is 16.1. The fourth-order valence-electron chi connectivity index (χ4n) is 2.19. The topological polar surface area (TPSA) is 55.1 Å². The van der Waals surface area contributed by atoms with E-state index in [-0.39, 0.29) is 17.9 Å². The van der Waals surface area contributed by atoms with Crippen LogP contribution in [0.25, 0.3) is 10.8 Å². The van der Waals surface area contributed by atoms with Crippen molar-refractivity contribution >= 4 is 16.7 Å². The maximum Gasteiger partial charge on any atom is 0.224 e. The van der Waals surface area contributed by atoms with Gasteiger partial charge in [0, 0.05) is 6.04 Å². The summed E-state index contributed by atoms with van der Waals surface area (Å²) in [6.45, 7) is 4.62. The van der Waals surface area contributed by atoms with Crippen LogP contribution in [0.5, 0.6) is 0 Å². The molecule has 0 aliphatic carbocycles. The van der Waals surface area contributed by atoms with E-state index in [2.05, 4.69) is 29.6 Å². The summed E-state index contributed by atoms with van der Waals surface area (Å²) >= 11 is 0. The van der Waals surface area contributed by atoms with Gasteiger partial charge in [-0.1, -0.05) is 49.4 Å². The first kappa shape index (κ1) is 14.5. The van der Waals surface area contributed by atoms with Crippen molar-refractivity contribution in [1.82, 2.24) is 5.32 Å². The number of nitrogens with two attached hydrogens (primary N) is 1. The molecule has 2 rings (SSSR count). The number of amides is 1. The Morgan fingerprint density at radius 3 is 2.55 bits per heavy atom. The smallest absolute Gasteiger partial charge is 0.224 e. The molecule has 3 heteroatoms. The highest BCUT2D eigenvalue weighted by Crippen LogP contribution is 2.16. The van der Waals surface area contributed by atoms with E-state index in [0.717, 1.165) is 5.56 Å². The number of carbonyl (C=O) groups is 1. The average molecular weight is 270 g/mol. The molecular formula is C17H22N2O. The minimum atomic E-state index is 0.0491. The maximum absolute atomic E-state index is 12.0. The number of rotatable bonds is 5. The number of carbonyl (C=O) groups excluding carboxylic acids is 1. The molecule has 3 nitrogen and oxygen atoms in total. The molecular weight excluding hydrogens is 248 g/mol. The van der Waals surface area contributed by atoms with Gasteiger partial charge in [-0.25, -0.2) is 0 Å². The third kappa shape index (κ3) is 3.58. The Bertz CT molecular complexity index is 594. The van der Waals surface area contributed by atoms with Gasteiger partial charge in [0.25, 0.3) is 0 Å². The first-order valence-electron chi connectivity index (χ1n) is 7.07. The first-order chi connectivity index (χ1) is 9.60. The van der Waals surface area contributed by atoms with E-state index >= 15 is 0 Å². The van der Waals surface area contributed by atoms with Crippen molar-refractivity contribution < 1.29 is 4.79 Å². The van der Waals surface area contributed by atoms with E-state index in [4.69, 9.17) is 5.73 Å². The van der Waals surface area contributed by atoms with Crippen LogP contribution < -0.4 is 11.1 Å². The number of nitrogens with one attached hydrogen (secondary N) is 1. The van der Waals surface area contributed by atoms with Gasteiger partial charge in [-0.2, -0.15) is 0 Å². The fourth-order valence-corrected chi connectivity index (χ4v) is 2.19. The monoisotopic (exact) mass is 270 g/mol. The molecule has 0 spiro atoms. The van der Waals surface area contributed by atoms with Crippen LogP contribution >= 0.6 is 0 Å². The van der Waals surface area contributed by atoms with E-state index in [0.29, 0.717) is 13.0 Å². The van der Waals surface area contributed by atoms with Gasteiger partial charge in [0.2, 0.25) is 5.91 Å². The zero-order valence-corrected chi connectivity index (χ0v) is 12.1. The second-order valence-electron chi connectivity index (χ2n) is 5.43. The van der Waals surface area contributed by atoms with Gasteiger partial charge in [0.1, 0.15) is 0 Å². The van der Waals surface area contributed by atoms with Crippen molar-refractivity contribution in [1.29, 1.82) is 0 Å². The van der Waals surface area contributed by atoms with Gasteiger partial charge in [-0.15, -0.1) is 0 Å². The summed E-state index contributed by atoms with van der Waals surface area (Å²) in [7, 11) is 0. The predicted molar refractivity (Wildman–Crippen MR) is 83.5 cm³/mol. The third-order valence-electron chi connectivity index (χ3n) is 3.79. The molecule has 1 amide bonds. The molecule has 2 unspecified atom stereocenters. The van der Waals surface area contributed by atoms with Crippen molar-refractivity contribution in [2.24, 2.45) is 11.7 Å². The predicted octanol–water partition coefficient (Wildman–Crippen LogP) is 2.48. The van der Waals surface area contributed by atoms with Gasteiger partial charge in [0.15, 0.2) is 0 Å². The minimum Gasteiger partial charge on any atom is -0.353 e. The molecule has 0 saturated carbocycles. The molecule has 0 heterocycles. The van der Waals surface area contributed by atoms with Crippen LogP contribution in [0.15, 0.2) is 42.5 Å². The molecule has 0 aliphatic rings. The lowest BCUT2D eigenvalue weighted by Crippen LogP contribution is -2.40. The molecule has 3 N–H and O–H groups in total. The van der Waals surface area contributed by atoms with Crippen molar-refractivity contribution in [2.75, 3.05) is 6.54 Å². The number of fused-ring (bicyclic) bond motifs is 1. The van der Waals surface area contributed by atoms with Crippen molar-refractivity contribution in [2.45, 2.75) is 26.3 Å². The highest BCUT2D eigenvalue weighted by molar-refractivity contribution is 5.85. The summed E-state index contributed by atoms with van der Waals surface area (Å²) in [4.78, 5) is 12.0. The molecule has 0 fully saturated rings. The van der Waals surface area contributed by atoms with Gasteiger partial charge >= 0.3 is 0 Å². The average Bonchev–Trinajstić information content (AvgIpc) is 2.46. The Hall–Kier alpha value is -1.87. The second kappa shape index (κ2) is 6.53. The van der Waals surface area contributed by atoms with Crippen LogP contribution in [-0.2, 0) is 11.2 Å². The number of benzene rings is 2. The fraction of sp³-hybridized carbons (Fsp3) is 0.353. The maximum atomic E-state index is 12.0. The zero-order valence-electron chi connectivity index (χ0n) is 12.1. The molecule has 0 radical (unpaired) electrons. The van der Waals surface area contributed by atoms with E-state index in [9.17, 15) is 4.79 Å². The van der Waals surface area contributed by atoms with E-state index in [1.54, 1.807) is 0 Å². The van der Waals surface area contributed by atoms with Gasteiger partial charge < -0.3 is 11.1 Å². The zero-order chi connectivity index (χ0) is 14.5. The van der Waals surface area contributed by atoms with Crippen LogP contribution in [0.3, 0.4) is 0 Å². The molecule has 0 aromatic heterocycles. The van der Waals surface area contributed by atoms with Crippen molar-refractivity contribution in [3.8, 4) is 0 Å². The largest absolute Gasteiger partial charge is 0.353 e. The quantitative estimate of drug-likeness (QED) is 0.877. The van der Waals surface area contributed by atoms with Crippen LogP contribution in [0.1, 0.15) is 19.4 Å². The summed E-state index contributed by atoms with van der Waals surface area (Å²) in [6, 6.07) is 14.4. The van der Waals surface area contributed by atoms with Gasteiger partial charge in [-0.3, -0.25) is 4.79 Å². The summed E-state index contributed by atoms with van der Waals surface area (Å²) in [5.74, 6) is 0.337. The molecule has 0 aliphatic heterocycles. The molecule has 20 heavy (non-hydrogen) atoms. The van der Waals surface area contributed by atoms with Crippen LogP contribution in [0.2, 0.25) is 0 Å². The van der Waals surface area contributed by atoms with Crippen molar-refractivity contribution in [3.63, 3.8) is 0 Å². The minimum absolute atomic E-state index is 0.0491. The number of hydrogen-bond donors (Lipinski definition) is 2. The molecule has 2 aromatic rings. The summed E-state index contributed by atoms with van der Waals surface area (Å²) in [5.41, 5.74) is 6.65. The second-order valence-corrected chi connectivity index (χ2v) is 5.43. The highest BCUT2D eigenvalue weighted by Gasteiger charge is 2.13. The van der Waals surface area contributed by atoms with Crippen molar-refractivity contribution in [3.05, 3.63) is 48.0 Å². The normalized spacial score (nSPS) is 13.9. The molecule has 0 saturated heterocycles. The van der Waals surface area contributed by atoms with Crippen LogP contribution in [0, 0.1) is 5.92 Å². The Morgan fingerprint density at radius 2 is 1.85 bits per heavy atom. The number of hydrogen-bond acceptors (Lipinski definition) is 2. The standard InChI is InChI=1S/C17H22N2O/c1-12(11-18)13(2)19-17(20)10-14-7-8-15-5-3-4-6-16(15)9-14/h3-9,12-13H,10-11,18H2,1-2H3,(H,19,20). The van der Waals surface area contributed by atoms with Crippen LogP contribution in [-0.4, -0.2) is 18.5 Å². The lowest BCUT2D eigenvalue weighted by Gasteiger charge is -2.19. The van der Waals surface area contributed by atoms with E-state index in [1.807, 2.05) is 32.0 Å². The summed E-state index contributed by atoms with van der Waals surface area (Å²) in [5, 5.41) is 5.37. The Morgan fingerprint density at radius 1 is 1.15 bits per heavy atom. The Labute approximate surface area is 120 Å². The van der Waals surface area contributed by atoms with Gasteiger partial charge in [0.05, 0.1) is 6.42 Å². The molecule has 2 aromatic carbocycles. The van der Waals surface area contributed by atoms with Crippen LogP contribution in [0.4, 0.5) is 0 Å². The van der Waals surface area contributed by atoms with E-state index in [1.165, 1.54) is 10.8 Å². The summed E-state index contributed by atoms with van der Waals surface area (Å²) in [6.07, 6.45) is 0.409. The lowest BCUT2D eigenvalue weighted by molar-refractivity contribution is -0.121. The Kier molecular flexibility index (Phi) is 4.74. The molecule has 2 atom stereocenters. The van der Waals surface area contributed by atoms with Gasteiger partial charge in [-0.05, 0) is 35.7 Å². The first-order valence-corrected chi connectivity index (χ1v) is 7.07. The molecule has 0 bridgehead atoms. The Balaban J connectivity index is 2.02. The third-order valence-corrected chi connectivity index (χ3v) is 3.79. The summed E-state index contributed by atoms with van der Waals surface area (Å²) < 4.78 is 0. The van der Waals surface area contributed by atoms with E-state index < -0.39 is 0 Å². The molecule has 106 valence electrons. The SMILES string of the molecule is CC(CN)C(C)NC(=O)Cc1ccc2ccccc2c1. The lowest BCUT2D eigenvalue weighted by atomic mass is 10.0.